The van der Waals surface area contributed by atoms with Crippen molar-refractivity contribution < 1.29 is 42.9 Å². The minimum Gasteiger partial charge on any atom is -0.390 e. The number of aliphatic hydroxyl groups excluding tert-OH is 1. The molecule has 4 rings (SSSR count). The van der Waals surface area contributed by atoms with E-state index in [1.807, 2.05) is 0 Å². The fourth-order valence-electron chi connectivity index (χ4n) is 7.34. The zero-order valence-corrected chi connectivity index (χ0v) is 21.0. The normalized spacial score (nSPS) is 48.1. The van der Waals surface area contributed by atoms with Crippen molar-refractivity contribution in [3.63, 3.8) is 0 Å². The summed E-state index contributed by atoms with van der Waals surface area (Å²) in [6, 6.07) is 0. The molecule has 0 unspecified atom stereocenters. The van der Waals surface area contributed by atoms with Crippen LogP contribution in [-0.4, -0.2) is 66.4 Å². The molecule has 0 aromatic rings. The molecule has 11 heteroatoms. The second kappa shape index (κ2) is 8.05. The smallest absolute Gasteiger partial charge is 0.326 e. The zero-order chi connectivity index (χ0) is 25.5. The molecule has 9 atom stereocenters. The van der Waals surface area contributed by atoms with Crippen molar-refractivity contribution in [1.82, 2.24) is 0 Å². The number of ketones is 1. The van der Waals surface area contributed by atoms with Crippen molar-refractivity contribution in [2.75, 3.05) is 11.9 Å². The first-order valence-electron chi connectivity index (χ1n) is 11.4. The Morgan fingerprint density at radius 2 is 1.91 bits per heavy atom. The highest BCUT2D eigenvalue weighted by atomic mass is 32.2. The Morgan fingerprint density at radius 1 is 1.26 bits per heavy atom. The van der Waals surface area contributed by atoms with Gasteiger partial charge in [-0.1, -0.05) is 31.7 Å². The first-order valence-corrected chi connectivity index (χ1v) is 14.2. The van der Waals surface area contributed by atoms with Crippen molar-refractivity contribution in [3.05, 3.63) is 23.8 Å². The molecule has 3 fully saturated rings. The first-order chi connectivity index (χ1) is 15.5. The molecule has 0 aromatic carbocycles. The van der Waals surface area contributed by atoms with Gasteiger partial charge in [-0.05, 0) is 55.7 Å². The predicted octanol–water partition coefficient (Wildman–Crippen LogP) is 2.72. The molecule has 34 heavy (non-hydrogen) atoms. The minimum absolute atomic E-state index is 0.00628. The zero-order valence-electron chi connectivity index (χ0n) is 19.3. The topological polar surface area (TPSA) is 132 Å². The molecule has 3 saturated carbocycles. The standard InChI is InChI=1S/C23H31F2O7PS/c1-12-8-14-15-10-17(24)16-9-13(26)4-5-20(16,2)22(15,25)18(27)11-21(14,3)23(12,29)19(28)34-7-6-33(30,31)32/h4-5,9,12,14-15,17-18,27,29H,6-8,10-11H2,1-3H3,(H2,30,31,32)/t12-,14+,15+,17+,18+,20+,21+,22+,23+/m1/s1. The molecule has 0 radical (unpaired) electrons. The molecule has 4 N–H and O–H groups in total. The Bertz CT molecular complexity index is 1030. The molecule has 4 aliphatic rings. The summed E-state index contributed by atoms with van der Waals surface area (Å²) < 4.78 is 43.6. The van der Waals surface area contributed by atoms with Crippen LogP contribution >= 0.6 is 19.4 Å². The van der Waals surface area contributed by atoms with E-state index in [-0.39, 0.29) is 30.6 Å². The fraction of sp³-hybridized carbons (Fsp3) is 0.739. The summed E-state index contributed by atoms with van der Waals surface area (Å²) in [5.41, 5.74) is -7.10. The van der Waals surface area contributed by atoms with Crippen molar-refractivity contribution in [3.8, 4) is 0 Å². The summed E-state index contributed by atoms with van der Waals surface area (Å²) in [5.74, 6) is -2.92. The number of hydrogen-bond acceptors (Lipinski definition) is 6. The van der Waals surface area contributed by atoms with Crippen molar-refractivity contribution in [2.24, 2.45) is 28.6 Å². The number of alkyl halides is 2. The number of halogens is 2. The van der Waals surface area contributed by atoms with Crippen molar-refractivity contribution in [1.29, 1.82) is 0 Å². The maximum Gasteiger partial charge on any atom is 0.326 e. The highest BCUT2D eigenvalue weighted by Crippen LogP contribution is 2.71. The van der Waals surface area contributed by atoms with Gasteiger partial charge in [0.05, 0.1) is 12.3 Å². The molecule has 190 valence electrons. The summed E-state index contributed by atoms with van der Waals surface area (Å²) in [6.45, 7) is 4.76. The van der Waals surface area contributed by atoms with Crippen LogP contribution < -0.4 is 0 Å². The molecule has 0 aliphatic heterocycles. The fourth-order valence-corrected chi connectivity index (χ4v) is 9.50. The maximum atomic E-state index is 17.1. The lowest BCUT2D eigenvalue weighted by Crippen LogP contribution is -2.70. The molecule has 0 bridgehead atoms. The Balaban J connectivity index is 1.72. The van der Waals surface area contributed by atoms with Crippen LogP contribution in [-0.2, 0) is 14.2 Å². The molecule has 7 nitrogen and oxygen atoms in total. The number of aliphatic hydroxyl groups is 2. The van der Waals surface area contributed by atoms with Gasteiger partial charge in [0.15, 0.2) is 11.5 Å². The molecule has 0 aromatic heterocycles. The van der Waals surface area contributed by atoms with Crippen LogP contribution in [0.2, 0.25) is 0 Å². The summed E-state index contributed by atoms with van der Waals surface area (Å²) in [6.07, 6.45) is -0.450. The van der Waals surface area contributed by atoms with Gasteiger partial charge in [-0.2, -0.15) is 0 Å². The number of allylic oxidation sites excluding steroid dienone is 4. The van der Waals surface area contributed by atoms with E-state index in [9.17, 15) is 24.4 Å². The molecule has 0 amide bonds. The number of carbonyl (C=O) groups excluding carboxylic acids is 2. The quantitative estimate of drug-likeness (QED) is 0.416. The lowest BCUT2D eigenvalue weighted by atomic mass is 9.44. The van der Waals surface area contributed by atoms with Crippen molar-refractivity contribution >= 4 is 30.3 Å². The molecule has 4 aliphatic carbocycles. The molecular formula is C23H31F2O7PS. The third-order valence-corrected chi connectivity index (χ3v) is 11.2. The lowest BCUT2D eigenvalue weighted by Gasteiger charge is -2.63. The second-order valence-corrected chi connectivity index (χ2v) is 13.6. The number of thioether (sulfide) groups is 1. The summed E-state index contributed by atoms with van der Waals surface area (Å²) in [4.78, 5) is 43.3. The highest BCUT2D eigenvalue weighted by Gasteiger charge is 2.76. The third-order valence-electron chi connectivity index (χ3n) is 9.14. The molecule has 0 heterocycles. The number of fused-ring (bicyclic) bond motifs is 5. The third kappa shape index (κ3) is 3.40. The van der Waals surface area contributed by atoms with Gasteiger partial charge in [0.1, 0.15) is 11.8 Å². The van der Waals surface area contributed by atoms with E-state index in [0.717, 1.165) is 6.08 Å². The van der Waals surface area contributed by atoms with E-state index in [4.69, 9.17) is 9.79 Å². The summed E-state index contributed by atoms with van der Waals surface area (Å²) in [5, 5.41) is 22.3. The monoisotopic (exact) mass is 520 g/mol. The van der Waals surface area contributed by atoms with Crippen LogP contribution in [0.1, 0.15) is 40.0 Å². The van der Waals surface area contributed by atoms with Crippen LogP contribution in [0.15, 0.2) is 23.8 Å². The predicted molar refractivity (Wildman–Crippen MR) is 123 cm³/mol. The summed E-state index contributed by atoms with van der Waals surface area (Å²) in [7, 11) is -4.33. The average Bonchev–Trinajstić information content (AvgIpc) is 2.92. The SMILES string of the molecule is C[C@@H]1C[C@H]2[C@@H]3C[C@H](F)C4=CC(=O)C=C[C@]4(C)[C@@]3(F)[C@@H](O)C[C@]2(C)[C@@]1(O)C(=O)SCCP(=O)(O)O. The second-order valence-electron chi connectivity index (χ2n) is 10.8. The molecule has 0 saturated heterocycles. The first kappa shape index (κ1) is 26.2. The van der Waals surface area contributed by atoms with Gasteiger partial charge in [0.2, 0.25) is 5.12 Å². The van der Waals surface area contributed by atoms with E-state index in [2.05, 4.69) is 0 Å². The molecular weight excluding hydrogens is 489 g/mol. The largest absolute Gasteiger partial charge is 0.390 e. The van der Waals surface area contributed by atoms with Gasteiger partial charge in [-0.3, -0.25) is 14.2 Å². The number of hydrogen-bond donors (Lipinski definition) is 4. The van der Waals surface area contributed by atoms with Gasteiger partial charge < -0.3 is 20.0 Å². The Hall–Kier alpha value is -0.900. The van der Waals surface area contributed by atoms with Crippen LogP contribution in [0.4, 0.5) is 8.78 Å². The Morgan fingerprint density at radius 3 is 2.53 bits per heavy atom. The van der Waals surface area contributed by atoms with Gasteiger partial charge >= 0.3 is 7.60 Å². The number of carbonyl (C=O) groups is 2. The average molecular weight is 521 g/mol. The Kier molecular flexibility index (Phi) is 6.20. The van der Waals surface area contributed by atoms with E-state index >= 15 is 8.78 Å². The van der Waals surface area contributed by atoms with Crippen molar-refractivity contribution in [2.45, 2.75) is 63.6 Å². The number of rotatable bonds is 4. The van der Waals surface area contributed by atoms with Crippen LogP contribution in [0.25, 0.3) is 0 Å². The van der Waals surface area contributed by atoms with E-state index in [0.29, 0.717) is 11.8 Å². The van der Waals surface area contributed by atoms with Gasteiger partial charge in [-0.15, -0.1) is 0 Å². The van der Waals surface area contributed by atoms with E-state index < -0.39 is 76.8 Å². The van der Waals surface area contributed by atoms with Crippen LogP contribution in [0.3, 0.4) is 0 Å². The van der Waals surface area contributed by atoms with Gasteiger partial charge in [0.25, 0.3) is 0 Å². The highest BCUT2D eigenvalue weighted by molar-refractivity contribution is 8.14. The molecule has 0 spiro atoms. The van der Waals surface area contributed by atoms with Crippen LogP contribution in [0.5, 0.6) is 0 Å². The Labute approximate surface area is 201 Å². The maximum absolute atomic E-state index is 17.1. The minimum atomic E-state index is -4.33. The van der Waals surface area contributed by atoms with E-state index in [1.54, 1.807) is 13.8 Å². The van der Waals surface area contributed by atoms with Gasteiger partial charge in [-0.25, -0.2) is 8.78 Å². The van der Waals surface area contributed by atoms with E-state index in [1.165, 1.54) is 19.1 Å². The lowest BCUT2D eigenvalue weighted by molar-refractivity contribution is -0.221. The van der Waals surface area contributed by atoms with Crippen LogP contribution in [0, 0.1) is 28.6 Å². The summed E-state index contributed by atoms with van der Waals surface area (Å²) >= 11 is 0.617. The van der Waals surface area contributed by atoms with Gasteiger partial charge in [0, 0.05) is 22.5 Å².